The molecule has 0 spiro atoms. The van der Waals surface area contributed by atoms with Gasteiger partial charge in [0.15, 0.2) is 0 Å². The molecular formula is C23H27FN4O3S. The molecule has 0 aliphatic carbocycles. The molecule has 3 aromatic rings. The Morgan fingerprint density at radius 3 is 2.47 bits per heavy atom. The maximum absolute atomic E-state index is 13.2. The molecule has 7 nitrogen and oxygen atoms in total. The molecule has 1 fully saturated rings. The van der Waals surface area contributed by atoms with E-state index in [9.17, 15) is 17.6 Å². The third-order valence-electron chi connectivity index (χ3n) is 6.15. The first kappa shape index (κ1) is 22.6. The molecule has 32 heavy (non-hydrogen) atoms. The molecule has 0 saturated carbocycles. The fourth-order valence-corrected chi connectivity index (χ4v) is 6.01. The molecule has 1 aromatic heterocycles. The highest BCUT2D eigenvalue weighted by atomic mass is 32.2. The Morgan fingerprint density at radius 1 is 1.12 bits per heavy atom. The van der Waals surface area contributed by atoms with Crippen molar-refractivity contribution in [3.05, 3.63) is 70.5 Å². The van der Waals surface area contributed by atoms with E-state index in [1.165, 1.54) is 16.4 Å². The predicted molar refractivity (Wildman–Crippen MR) is 121 cm³/mol. The molecule has 1 aliphatic heterocycles. The van der Waals surface area contributed by atoms with Crippen LogP contribution in [-0.2, 0) is 16.6 Å². The van der Waals surface area contributed by atoms with E-state index in [2.05, 4.69) is 4.90 Å². The van der Waals surface area contributed by atoms with Crippen LogP contribution in [0.15, 0.2) is 58.2 Å². The zero-order valence-electron chi connectivity index (χ0n) is 18.4. The van der Waals surface area contributed by atoms with Crippen LogP contribution >= 0.6 is 0 Å². The highest BCUT2D eigenvalue weighted by Crippen LogP contribution is 2.27. The topological polar surface area (TPSA) is 75.5 Å². The van der Waals surface area contributed by atoms with Gasteiger partial charge < -0.3 is 0 Å². The van der Waals surface area contributed by atoms with Crippen LogP contribution in [0.5, 0.6) is 0 Å². The monoisotopic (exact) mass is 458 g/mol. The zero-order valence-corrected chi connectivity index (χ0v) is 19.2. The van der Waals surface area contributed by atoms with E-state index >= 15 is 0 Å². The third-order valence-corrected chi connectivity index (χ3v) is 8.17. The second kappa shape index (κ2) is 8.73. The summed E-state index contributed by atoms with van der Waals surface area (Å²) in [6.45, 7) is 7.58. The Balaban J connectivity index is 1.60. The first-order chi connectivity index (χ1) is 15.2. The lowest BCUT2D eigenvalue weighted by Gasteiger charge is -2.41. The van der Waals surface area contributed by atoms with Gasteiger partial charge in [-0.1, -0.05) is 12.1 Å². The maximum atomic E-state index is 13.2. The van der Waals surface area contributed by atoms with Crippen molar-refractivity contribution in [2.24, 2.45) is 0 Å². The lowest BCUT2D eigenvalue weighted by molar-refractivity contribution is 0.103. The van der Waals surface area contributed by atoms with Gasteiger partial charge in [0.1, 0.15) is 11.6 Å². The van der Waals surface area contributed by atoms with Crippen molar-refractivity contribution in [1.29, 1.82) is 0 Å². The van der Waals surface area contributed by atoms with E-state index in [1.54, 1.807) is 10.6 Å². The second-order valence-corrected chi connectivity index (χ2v) is 10.0. The molecule has 0 radical (unpaired) electrons. The second-order valence-electron chi connectivity index (χ2n) is 8.13. The van der Waals surface area contributed by atoms with Gasteiger partial charge in [-0.25, -0.2) is 17.8 Å². The van der Waals surface area contributed by atoms with Gasteiger partial charge in [-0.2, -0.15) is 4.31 Å². The molecule has 170 valence electrons. The number of benzene rings is 2. The number of halogens is 1. The van der Waals surface area contributed by atoms with Crippen molar-refractivity contribution in [1.82, 2.24) is 18.8 Å². The SMILES string of the molecule is CCn1c(C(C)N2CCN(S(=O)(=O)c3ccc(F)cc3)C(C)C2)nc2ccccc2c1=O. The lowest BCUT2D eigenvalue weighted by Crippen LogP contribution is -2.54. The summed E-state index contributed by atoms with van der Waals surface area (Å²) in [5.74, 6) is 0.207. The van der Waals surface area contributed by atoms with Crippen LogP contribution in [0.2, 0.25) is 0 Å². The van der Waals surface area contributed by atoms with Gasteiger partial charge in [-0.15, -0.1) is 0 Å². The summed E-state index contributed by atoms with van der Waals surface area (Å²) in [5, 5.41) is 0.592. The smallest absolute Gasteiger partial charge is 0.261 e. The molecule has 2 heterocycles. The molecule has 2 aromatic carbocycles. The number of aromatic nitrogens is 2. The summed E-state index contributed by atoms with van der Waals surface area (Å²) in [6, 6.07) is 11.8. The quantitative estimate of drug-likeness (QED) is 0.588. The first-order valence-electron chi connectivity index (χ1n) is 10.7. The lowest BCUT2D eigenvalue weighted by atomic mass is 10.1. The molecule has 0 N–H and O–H groups in total. The van der Waals surface area contributed by atoms with Gasteiger partial charge in [0.2, 0.25) is 10.0 Å². The number of hydrogen-bond donors (Lipinski definition) is 0. The van der Waals surface area contributed by atoms with Crippen LogP contribution < -0.4 is 5.56 Å². The van der Waals surface area contributed by atoms with Crippen molar-refractivity contribution < 1.29 is 12.8 Å². The van der Waals surface area contributed by atoms with E-state index < -0.39 is 15.8 Å². The van der Waals surface area contributed by atoms with Gasteiger partial charge in [0, 0.05) is 32.2 Å². The first-order valence-corrected chi connectivity index (χ1v) is 12.2. The fraction of sp³-hybridized carbons (Fsp3) is 0.391. The van der Waals surface area contributed by atoms with Crippen LogP contribution in [0.4, 0.5) is 4.39 Å². The molecule has 2 atom stereocenters. The molecule has 1 saturated heterocycles. The summed E-state index contributed by atoms with van der Waals surface area (Å²) in [5.41, 5.74) is 0.597. The van der Waals surface area contributed by atoms with E-state index in [1.807, 2.05) is 39.0 Å². The van der Waals surface area contributed by atoms with Crippen molar-refractivity contribution in [2.45, 2.75) is 44.3 Å². The summed E-state index contributed by atoms with van der Waals surface area (Å²) in [4.78, 5) is 20.0. The molecule has 0 amide bonds. The minimum absolute atomic E-state index is 0.0643. The van der Waals surface area contributed by atoms with Gasteiger partial charge in [-0.3, -0.25) is 14.3 Å². The third kappa shape index (κ3) is 3.96. The largest absolute Gasteiger partial charge is 0.295 e. The number of para-hydroxylation sites is 1. The van der Waals surface area contributed by atoms with E-state index in [4.69, 9.17) is 4.98 Å². The van der Waals surface area contributed by atoms with Crippen molar-refractivity contribution in [3.8, 4) is 0 Å². The standard InChI is InChI=1S/C23H27FN4O3S/c1-4-27-22(25-21-8-6-5-7-20(21)23(27)29)17(3)26-13-14-28(16(2)15-26)32(30,31)19-11-9-18(24)10-12-19/h5-12,16-17H,4,13-15H2,1-3H3. The maximum Gasteiger partial charge on any atom is 0.261 e. The van der Waals surface area contributed by atoms with Crippen LogP contribution in [0, 0.1) is 5.82 Å². The molecule has 2 unspecified atom stereocenters. The Labute approximate surface area is 187 Å². The normalized spacial score (nSPS) is 19.3. The molecule has 0 bridgehead atoms. The van der Waals surface area contributed by atoms with Gasteiger partial charge in [0.25, 0.3) is 5.56 Å². The van der Waals surface area contributed by atoms with Crippen LogP contribution in [0.3, 0.4) is 0 Å². The molecule has 1 aliphatic rings. The highest BCUT2D eigenvalue weighted by Gasteiger charge is 2.36. The molecular weight excluding hydrogens is 431 g/mol. The highest BCUT2D eigenvalue weighted by molar-refractivity contribution is 7.89. The summed E-state index contributed by atoms with van der Waals surface area (Å²) < 4.78 is 42.5. The predicted octanol–water partition coefficient (Wildman–Crippen LogP) is 3.01. The summed E-state index contributed by atoms with van der Waals surface area (Å²) >= 11 is 0. The van der Waals surface area contributed by atoms with E-state index in [0.717, 1.165) is 12.1 Å². The number of fused-ring (bicyclic) bond motifs is 1. The van der Waals surface area contributed by atoms with Crippen LogP contribution in [-0.4, -0.2) is 52.9 Å². The van der Waals surface area contributed by atoms with Crippen LogP contribution in [0.1, 0.15) is 32.6 Å². The molecule has 4 rings (SSSR count). The average Bonchev–Trinajstić information content (AvgIpc) is 2.78. The average molecular weight is 459 g/mol. The number of hydrogen-bond acceptors (Lipinski definition) is 5. The van der Waals surface area contributed by atoms with Crippen molar-refractivity contribution >= 4 is 20.9 Å². The van der Waals surface area contributed by atoms with Gasteiger partial charge >= 0.3 is 0 Å². The van der Waals surface area contributed by atoms with Gasteiger partial charge in [-0.05, 0) is 57.2 Å². The van der Waals surface area contributed by atoms with E-state index in [0.29, 0.717) is 42.9 Å². The Bertz CT molecular complexity index is 1290. The van der Waals surface area contributed by atoms with E-state index in [-0.39, 0.29) is 22.5 Å². The van der Waals surface area contributed by atoms with Gasteiger partial charge in [0.05, 0.1) is 21.8 Å². The minimum Gasteiger partial charge on any atom is -0.295 e. The Hall–Kier alpha value is -2.62. The summed E-state index contributed by atoms with van der Waals surface area (Å²) in [7, 11) is -3.72. The minimum atomic E-state index is -3.72. The molecule has 9 heteroatoms. The van der Waals surface area contributed by atoms with Crippen molar-refractivity contribution in [3.63, 3.8) is 0 Å². The van der Waals surface area contributed by atoms with Crippen molar-refractivity contribution in [2.75, 3.05) is 19.6 Å². The number of piperazine rings is 1. The Kier molecular flexibility index (Phi) is 6.15. The summed E-state index contributed by atoms with van der Waals surface area (Å²) in [6.07, 6.45) is 0. The van der Waals surface area contributed by atoms with Crippen LogP contribution in [0.25, 0.3) is 10.9 Å². The number of nitrogens with zero attached hydrogens (tertiary/aromatic N) is 4. The number of sulfonamides is 1. The zero-order chi connectivity index (χ0) is 23.0. The number of rotatable bonds is 5. The fourth-order valence-electron chi connectivity index (χ4n) is 4.39. The Morgan fingerprint density at radius 2 is 1.81 bits per heavy atom.